The maximum Gasteiger partial charge on any atom is 0.246 e. The highest BCUT2D eigenvalue weighted by atomic mass is 79.9. The minimum atomic E-state index is -3.68. The van der Waals surface area contributed by atoms with Gasteiger partial charge in [0.1, 0.15) is 4.90 Å². The first kappa shape index (κ1) is 20.9. The summed E-state index contributed by atoms with van der Waals surface area (Å²) in [4.78, 5) is 2.38. The SMILES string of the molecule is COCCCN1CCCN(S(=O)(=O)c2cc(Cl)cc(Br)c2OC)CC1. The zero-order chi connectivity index (χ0) is 18.4. The van der Waals surface area contributed by atoms with Crippen LogP contribution in [0, 0.1) is 0 Å². The molecular formula is C16H24BrClN2O4S. The number of hydrogen-bond acceptors (Lipinski definition) is 5. The highest BCUT2D eigenvalue weighted by Gasteiger charge is 2.30. The molecular weight excluding hydrogens is 432 g/mol. The predicted molar refractivity (Wildman–Crippen MR) is 102 cm³/mol. The van der Waals surface area contributed by atoms with E-state index in [4.69, 9.17) is 21.1 Å². The number of sulfonamides is 1. The zero-order valence-corrected chi connectivity index (χ0v) is 17.7. The molecule has 0 N–H and O–H groups in total. The largest absolute Gasteiger partial charge is 0.494 e. The van der Waals surface area contributed by atoms with Crippen LogP contribution in [0.5, 0.6) is 5.75 Å². The zero-order valence-electron chi connectivity index (χ0n) is 14.5. The van der Waals surface area contributed by atoms with Crippen molar-refractivity contribution in [2.45, 2.75) is 17.7 Å². The number of hydrogen-bond donors (Lipinski definition) is 0. The van der Waals surface area contributed by atoms with Crippen molar-refractivity contribution in [3.8, 4) is 5.75 Å². The lowest BCUT2D eigenvalue weighted by Crippen LogP contribution is -2.35. The maximum absolute atomic E-state index is 13.1. The lowest BCUT2D eigenvalue weighted by molar-refractivity contribution is 0.173. The number of halogens is 2. The minimum absolute atomic E-state index is 0.0993. The molecule has 1 aromatic carbocycles. The van der Waals surface area contributed by atoms with Gasteiger partial charge >= 0.3 is 0 Å². The van der Waals surface area contributed by atoms with E-state index in [0.717, 1.165) is 25.9 Å². The second kappa shape index (κ2) is 9.53. The van der Waals surface area contributed by atoms with E-state index in [-0.39, 0.29) is 10.6 Å². The van der Waals surface area contributed by atoms with E-state index in [2.05, 4.69) is 20.8 Å². The first-order valence-corrected chi connectivity index (χ1v) is 10.8. The van der Waals surface area contributed by atoms with Crippen molar-refractivity contribution in [3.63, 3.8) is 0 Å². The molecule has 25 heavy (non-hydrogen) atoms. The Morgan fingerprint density at radius 2 is 1.96 bits per heavy atom. The van der Waals surface area contributed by atoms with Crippen molar-refractivity contribution in [2.75, 3.05) is 53.6 Å². The van der Waals surface area contributed by atoms with Crippen LogP contribution in [0.25, 0.3) is 0 Å². The van der Waals surface area contributed by atoms with Crippen LogP contribution in [0.15, 0.2) is 21.5 Å². The molecule has 1 aliphatic heterocycles. The maximum atomic E-state index is 13.1. The summed E-state index contributed by atoms with van der Waals surface area (Å²) in [5.74, 6) is 0.283. The van der Waals surface area contributed by atoms with Crippen molar-refractivity contribution in [1.29, 1.82) is 0 Å². The summed E-state index contributed by atoms with van der Waals surface area (Å²) in [7, 11) is -0.540. The molecule has 0 unspecified atom stereocenters. The van der Waals surface area contributed by atoms with Crippen LogP contribution < -0.4 is 4.74 Å². The van der Waals surface area contributed by atoms with Crippen LogP contribution in [0.1, 0.15) is 12.8 Å². The molecule has 0 bridgehead atoms. The lowest BCUT2D eigenvalue weighted by Gasteiger charge is -2.23. The molecule has 0 saturated carbocycles. The smallest absolute Gasteiger partial charge is 0.246 e. The van der Waals surface area contributed by atoms with E-state index < -0.39 is 10.0 Å². The van der Waals surface area contributed by atoms with Gasteiger partial charge < -0.3 is 14.4 Å². The van der Waals surface area contributed by atoms with Gasteiger partial charge in [-0.15, -0.1) is 0 Å². The van der Waals surface area contributed by atoms with Crippen molar-refractivity contribution in [2.24, 2.45) is 0 Å². The van der Waals surface area contributed by atoms with Crippen molar-refractivity contribution in [3.05, 3.63) is 21.6 Å². The molecule has 0 radical (unpaired) electrons. The van der Waals surface area contributed by atoms with Crippen molar-refractivity contribution in [1.82, 2.24) is 9.21 Å². The highest BCUT2D eigenvalue weighted by Crippen LogP contribution is 2.37. The molecule has 1 fully saturated rings. The average Bonchev–Trinajstić information content (AvgIpc) is 2.80. The molecule has 2 rings (SSSR count). The van der Waals surface area contributed by atoms with Crippen molar-refractivity contribution < 1.29 is 17.9 Å². The molecule has 1 heterocycles. The van der Waals surface area contributed by atoms with E-state index in [1.807, 2.05) is 0 Å². The number of ether oxygens (including phenoxy) is 2. The second-order valence-corrected chi connectivity index (χ2v) is 9.06. The standard InChI is InChI=1S/C16H24BrClN2O4S/c1-23-10-4-6-19-5-3-7-20(9-8-19)25(21,22)15-12-13(18)11-14(17)16(15)24-2/h11-12H,3-10H2,1-2H3. The van der Waals surface area contributed by atoms with Gasteiger partial charge in [0.15, 0.2) is 5.75 Å². The highest BCUT2D eigenvalue weighted by molar-refractivity contribution is 9.10. The van der Waals surface area contributed by atoms with Gasteiger partial charge in [0.05, 0.1) is 11.6 Å². The first-order chi connectivity index (χ1) is 11.9. The molecule has 142 valence electrons. The summed E-state index contributed by atoms with van der Waals surface area (Å²) in [6.45, 7) is 4.14. The van der Waals surface area contributed by atoms with Gasteiger partial charge in [-0.2, -0.15) is 4.31 Å². The number of methoxy groups -OCH3 is 2. The van der Waals surface area contributed by atoms with E-state index in [1.54, 1.807) is 13.2 Å². The monoisotopic (exact) mass is 454 g/mol. The number of rotatable bonds is 7. The van der Waals surface area contributed by atoms with Gasteiger partial charge in [-0.25, -0.2) is 8.42 Å². The van der Waals surface area contributed by atoms with E-state index in [9.17, 15) is 8.42 Å². The van der Waals surface area contributed by atoms with Gasteiger partial charge in [-0.3, -0.25) is 0 Å². The Bertz CT molecular complexity index is 687. The summed E-state index contributed by atoms with van der Waals surface area (Å²) < 4.78 is 38.7. The van der Waals surface area contributed by atoms with Gasteiger partial charge in [0.2, 0.25) is 10.0 Å². The quantitative estimate of drug-likeness (QED) is 0.592. The van der Waals surface area contributed by atoms with Gasteiger partial charge in [-0.1, -0.05) is 11.6 Å². The molecule has 1 aliphatic rings. The molecule has 0 spiro atoms. The Morgan fingerprint density at radius 3 is 2.64 bits per heavy atom. The minimum Gasteiger partial charge on any atom is -0.494 e. The van der Waals surface area contributed by atoms with Crippen LogP contribution in [0.4, 0.5) is 0 Å². The second-order valence-electron chi connectivity index (χ2n) is 5.86. The van der Waals surface area contributed by atoms with Crippen LogP contribution in [0.3, 0.4) is 0 Å². The fourth-order valence-electron chi connectivity index (χ4n) is 2.91. The van der Waals surface area contributed by atoms with Crippen molar-refractivity contribution >= 4 is 37.6 Å². The fraction of sp³-hybridized carbons (Fsp3) is 0.625. The van der Waals surface area contributed by atoms with Crippen LogP contribution in [-0.2, 0) is 14.8 Å². The van der Waals surface area contributed by atoms with Crippen LogP contribution in [-0.4, -0.2) is 71.2 Å². The Balaban J connectivity index is 2.18. The summed E-state index contributed by atoms with van der Waals surface area (Å²) in [6.07, 6.45) is 1.73. The van der Waals surface area contributed by atoms with E-state index >= 15 is 0 Å². The van der Waals surface area contributed by atoms with Gasteiger partial charge in [-0.05, 0) is 47.4 Å². The van der Waals surface area contributed by atoms with Crippen LogP contribution in [0.2, 0.25) is 5.02 Å². The van der Waals surface area contributed by atoms with Gasteiger partial charge in [0.25, 0.3) is 0 Å². The van der Waals surface area contributed by atoms with Crippen LogP contribution >= 0.6 is 27.5 Å². The fourth-order valence-corrected chi connectivity index (χ4v) is 5.75. The third-order valence-corrected chi connectivity index (χ3v) is 6.88. The first-order valence-electron chi connectivity index (χ1n) is 8.14. The molecule has 0 aliphatic carbocycles. The summed E-state index contributed by atoms with van der Waals surface area (Å²) >= 11 is 9.38. The van der Waals surface area contributed by atoms with E-state index in [0.29, 0.717) is 35.7 Å². The average molecular weight is 456 g/mol. The molecule has 1 aromatic rings. The Labute approximate surface area is 163 Å². The molecule has 0 aromatic heterocycles. The normalized spacial score (nSPS) is 17.4. The molecule has 1 saturated heterocycles. The third-order valence-electron chi connectivity index (χ3n) is 4.17. The Hall–Kier alpha value is -0.380. The predicted octanol–water partition coefficient (Wildman–Crippen LogP) is 2.84. The molecule has 9 heteroatoms. The molecule has 6 nitrogen and oxygen atoms in total. The lowest BCUT2D eigenvalue weighted by atomic mass is 10.3. The van der Waals surface area contributed by atoms with E-state index in [1.165, 1.54) is 17.5 Å². The number of benzene rings is 1. The Morgan fingerprint density at radius 1 is 1.20 bits per heavy atom. The summed E-state index contributed by atoms with van der Waals surface area (Å²) in [5.41, 5.74) is 0. The Kier molecular flexibility index (Phi) is 7.97. The summed E-state index contributed by atoms with van der Waals surface area (Å²) in [5, 5.41) is 0.349. The number of nitrogens with zero attached hydrogens (tertiary/aromatic N) is 2. The third kappa shape index (κ3) is 5.30. The molecule has 0 amide bonds. The molecule has 0 atom stereocenters. The topological polar surface area (TPSA) is 59.1 Å². The summed E-state index contributed by atoms with van der Waals surface area (Å²) in [6, 6.07) is 3.07. The van der Waals surface area contributed by atoms with Gasteiger partial charge in [0, 0.05) is 44.9 Å².